The molecule has 0 atom stereocenters. The summed E-state index contributed by atoms with van der Waals surface area (Å²) < 4.78 is 61.5. The van der Waals surface area contributed by atoms with E-state index in [2.05, 4.69) is 10.2 Å². The van der Waals surface area contributed by atoms with E-state index in [0.717, 1.165) is 23.8 Å². The second-order valence-corrected chi connectivity index (χ2v) is 9.82. The fourth-order valence-electron chi connectivity index (χ4n) is 2.46. The van der Waals surface area contributed by atoms with E-state index in [1.165, 1.54) is 24.3 Å². The molecule has 13 heteroatoms. The van der Waals surface area contributed by atoms with E-state index in [1.807, 2.05) is 0 Å². The fourth-order valence-corrected chi connectivity index (χ4v) is 4.29. The number of aromatic hydroxyl groups is 2. The van der Waals surface area contributed by atoms with Crippen LogP contribution in [-0.4, -0.2) is 31.6 Å². The Morgan fingerprint density at radius 2 is 1.50 bits per heavy atom. The van der Waals surface area contributed by atoms with Crippen LogP contribution in [0.3, 0.4) is 0 Å². The van der Waals surface area contributed by atoms with Gasteiger partial charge in [-0.2, -0.15) is 16.8 Å². The molecule has 0 aromatic heterocycles. The van der Waals surface area contributed by atoms with Gasteiger partial charge in [-0.3, -0.25) is 4.55 Å². The van der Waals surface area contributed by atoms with Crippen LogP contribution in [0.25, 0.3) is 0 Å². The van der Waals surface area contributed by atoms with E-state index in [-0.39, 0.29) is 21.4 Å². The third-order valence-electron chi connectivity index (χ3n) is 4.03. The van der Waals surface area contributed by atoms with Crippen molar-refractivity contribution in [2.75, 3.05) is 0 Å². The number of phenolic OH excluding ortho intramolecular Hbond substituents is 2. The summed E-state index contributed by atoms with van der Waals surface area (Å²) in [5.41, 5.74) is 0.315. The standard InChI is InChI=1S/C19H15ClN2O8S2/c1-11-2-5-14(6-3-11)32(28,29)30-13-4-7-15(17(23)10-13)21-22-16-8-12(20)9-18(19(16)24)31(25,26)27/h2-10,23-24H,1H3,(H,25,26,27). The van der Waals surface area contributed by atoms with Crippen LogP contribution in [0.5, 0.6) is 17.2 Å². The fraction of sp³-hybridized carbons (Fsp3) is 0.0526. The minimum atomic E-state index is -4.78. The van der Waals surface area contributed by atoms with Gasteiger partial charge < -0.3 is 14.4 Å². The summed E-state index contributed by atoms with van der Waals surface area (Å²) in [4.78, 5) is -0.939. The van der Waals surface area contributed by atoms with Crippen LogP contribution in [-0.2, 0) is 20.2 Å². The van der Waals surface area contributed by atoms with Crippen molar-refractivity contribution in [1.29, 1.82) is 0 Å². The van der Waals surface area contributed by atoms with Crippen molar-refractivity contribution < 1.29 is 35.8 Å². The molecule has 3 aromatic rings. The molecular formula is C19H15ClN2O8S2. The highest BCUT2D eigenvalue weighted by Gasteiger charge is 2.20. The molecule has 0 aliphatic carbocycles. The zero-order chi connectivity index (χ0) is 23.7. The number of azo groups is 1. The number of hydrogen-bond acceptors (Lipinski definition) is 9. The maximum absolute atomic E-state index is 12.3. The number of aryl methyl sites for hydroxylation is 1. The van der Waals surface area contributed by atoms with Crippen LogP contribution < -0.4 is 4.18 Å². The van der Waals surface area contributed by atoms with Crippen molar-refractivity contribution in [1.82, 2.24) is 0 Å². The second kappa shape index (κ2) is 8.74. The average molecular weight is 499 g/mol. The molecule has 0 fully saturated rings. The number of halogens is 1. The predicted molar refractivity (Wildman–Crippen MR) is 114 cm³/mol. The van der Waals surface area contributed by atoms with E-state index in [9.17, 15) is 27.0 Å². The van der Waals surface area contributed by atoms with Gasteiger partial charge in [-0.1, -0.05) is 29.3 Å². The molecule has 168 valence electrons. The average Bonchev–Trinajstić information content (AvgIpc) is 2.68. The summed E-state index contributed by atoms with van der Waals surface area (Å²) in [6.07, 6.45) is 0. The molecule has 0 saturated carbocycles. The van der Waals surface area contributed by atoms with Crippen LogP contribution in [0.4, 0.5) is 11.4 Å². The van der Waals surface area contributed by atoms with Crippen molar-refractivity contribution in [3.63, 3.8) is 0 Å². The Hall–Kier alpha value is -3.19. The van der Waals surface area contributed by atoms with Crippen LogP contribution in [0.2, 0.25) is 5.02 Å². The summed E-state index contributed by atoms with van der Waals surface area (Å²) in [6, 6.07) is 11.3. The summed E-state index contributed by atoms with van der Waals surface area (Å²) in [6.45, 7) is 1.80. The highest BCUT2D eigenvalue weighted by Crippen LogP contribution is 2.39. The Morgan fingerprint density at radius 1 is 0.875 bits per heavy atom. The number of benzene rings is 3. The lowest BCUT2D eigenvalue weighted by Crippen LogP contribution is -2.09. The first-order chi connectivity index (χ1) is 14.9. The summed E-state index contributed by atoms with van der Waals surface area (Å²) in [5, 5.41) is 27.3. The second-order valence-electron chi connectivity index (χ2n) is 6.45. The molecule has 0 unspecified atom stereocenters. The van der Waals surface area contributed by atoms with Gasteiger partial charge in [0.2, 0.25) is 0 Å². The summed E-state index contributed by atoms with van der Waals surface area (Å²) in [5.74, 6) is -1.60. The summed E-state index contributed by atoms with van der Waals surface area (Å²) >= 11 is 5.77. The Labute approximate surface area is 188 Å². The van der Waals surface area contributed by atoms with Crippen LogP contribution in [0.15, 0.2) is 74.6 Å². The van der Waals surface area contributed by atoms with Crippen molar-refractivity contribution >= 4 is 43.2 Å². The molecule has 0 spiro atoms. The molecule has 32 heavy (non-hydrogen) atoms. The van der Waals surface area contributed by atoms with Gasteiger partial charge >= 0.3 is 10.1 Å². The number of rotatable bonds is 6. The highest BCUT2D eigenvalue weighted by molar-refractivity contribution is 7.87. The molecule has 3 rings (SSSR count). The van der Waals surface area contributed by atoms with Crippen molar-refractivity contribution in [2.24, 2.45) is 10.2 Å². The highest BCUT2D eigenvalue weighted by atomic mass is 35.5. The van der Waals surface area contributed by atoms with E-state index >= 15 is 0 Å². The van der Waals surface area contributed by atoms with Gasteiger partial charge in [0, 0.05) is 11.1 Å². The van der Waals surface area contributed by atoms with Gasteiger partial charge in [0.1, 0.15) is 32.7 Å². The first kappa shape index (κ1) is 23.5. The maximum Gasteiger partial charge on any atom is 0.339 e. The molecule has 3 N–H and O–H groups in total. The lowest BCUT2D eigenvalue weighted by atomic mass is 10.2. The molecule has 0 amide bonds. The van der Waals surface area contributed by atoms with Gasteiger partial charge in [0.25, 0.3) is 10.1 Å². The van der Waals surface area contributed by atoms with E-state index in [1.54, 1.807) is 19.1 Å². The zero-order valence-corrected chi connectivity index (χ0v) is 18.6. The quantitative estimate of drug-likeness (QED) is 0.254. The van der Waals surface area contributed by atoms with Gasteiger partial charge in [0.15, 0.2) is 5.75 Å². The lowest BCUT2D eigenvalue weighted by Gasteiger charge is -2.08. The molecule has 0 saturated heterocycles. The molecule has 0 aliphatic rings. The minimum absolute atomic E-state index is 0.0718. The van der Waals surface area contributed by atoms with Gasteiger partial charge in [-0.05, 0) is 43.3 Å². The Kier molecular flexibility index (Phi) is 6.41. The molecular weight excluding hydrogens is 484 g/mol. The number of nitrogens with zero attached hydrogens (tertiary/aromatic N) is 2. The van der Waals surface area contributed by atoms with Crippen LogP contribution >= 0.6 is 11.6 Å². The van der Waals surface area contributed by atoms with E-state index < -0.39 is 42.3 Å². The normalized spacial score (nSPS) is 12.2. The van der Waals surface area contributed by atoms with Crippen molar-refractivity contribution in [3.8, 4) is 17.2 Å². The van der Waals surface area contributed by atoms with Gasteiger partial charge in [0.05, 0.1) is 0 Å². The lowest BCUT2D eigenvalue weighted by molar-refractivity contribution is 0.443. The topological polar surface area (TPSA) is 163 Å². The number of phenols is 2. The van der Waals surface area contributed by atoms with Crippen LogP contribution in [0, 0.1) is 6.92 Å². The van der Waals surface area contributed by atoms with Crippen molar-refractivity contribution in [3.05, 3.63) is 65.2 Å². The van der Waals surface area contributed by atoms with Gasteiger partial charge in [-0.15, -0.1) is 10.2 Å². The monoisotopic (exact) mass is 498 g/mol. The Bertz CT molecular complexity index is 1420. The SMILES string of the molecule is Cc1ccc(S(=O)(=O)Oc2ccc(N=Nc3cc(Cl)cc(S(=O)(=O)O)c3O)c(O)c2)cc1. The molecule has 0 aliphatic heterocycles. The maximum atomic E-state index is 12.3. The molecule has 10 nitrogen and oxygen atoms in total. The first-order valence-electron chi connectivity index (χ1n) is 8.63. The molecule has 0 bridgehead atoms. The Balaban J connectivity index is 1.87. The predicted octanol–water partition coefficient (Wildman–Crippen LogP) is 4.49. The minimum Gasteiger partial charge on any atom is -0.505 e. The molecule has 0 heterocycles. The largest absolute Gasteiger partial charge is 0.505 e. The Morgan fingerprint density at radius 3 is 2.09 bits per heavy atom. The number of hydrogen-bond donors (Lipinski definition) is 3. The van der Waals surface area contributed by atoms with Crippen molar-refractivity contribution in [2.45, 2.75) is 16.7 Å². The van der Waals surface area contributed by atoms with E-state index in [0.29, 0.717) is 0 Å². The first-order valence-corrected chi connectivity index (χ1v) is 11.9. The zero-order valence-electron chi connectivity index (χ0n) is 16.2. The van der Waals surface area contributed by atoms with Crippen LogP contribution in [0.1, 0.15) is 5.56 Å². The molecule has 0 radical (unpaired) electrons. The summed E-state index contributed by atoms with van der Waals surface area (Å²) in [7, 11) is -8.91. The molecule has 3 aromatic carbocycles. The smallest absolute Gasteiger partial charge is 0.339 e. The third-order valence-corrected chi connectivity index (χ3v) is 6.37. The van der Waals surface area contributed by atoms with Gasteiger partial charge in [-0.25, -0.2) is 0 Å². The van der Waals surface area contributed by atoms with E-state index in [4.69, 9.17) is 20.3 Å². The third kappa shape index (κ3) is 5.34.